The predicted octanol–water partition coefficient (Wildman–Crippen LogP) is 3.85. The first-order chi connectivity index (χ1) is 15.1. The van der Waals surface area contributed by atoms with Gasteiger partial charge in [-0.1, -0.05) is 30.3 Å². The van der Waals surface area contributed by atoms with Crippen molar-refractivity contribution in [3.63, 3.8) is 0 Å². The van der Waals surface area contributed by atoms with E-state index in [-0.39, 0.29) is 17.7 Å². The molecule has 6 nitrogen and oxygen atoms in total. The van der Waals surface area contributed by atoms with Crippen LogP contribution in [0.3, 0.4) is 0 Å². The number of ether oxygens (including phenoxy) is 2. The number of amidine groups is 1. The van der Waals surface area contributed by atoms with Crippen LogP contribution in [0.1, 0.15) is 39.4 Å². The Balaban J connectivity index is 1.27. The number of carbonyl (C=O) groups excluding carboxylic acids is 1. The lowest BCUT2D eigenvalue weighted by atomic mass is 9.96. The summed E-state index contributed by atoms with van der Waals surface area (Å²) in [5.74, 6) is 1.64. The summed E-state index contributed by atoms with van der Waals surface area (Å²) in [6, 6.07) is 22.6. The van der Waals surface area contributed by atoms with E-state index in [1.165, 1.54) is 0 Å². The summed E-state index contributed by atoms with van der Waals surface area (Å²) < 4.78 is 11.5. The van der Waals surface area contributed by atoms with Crippen LogP contribution in [0.2, 0.25) is 0 Å². The maximum absolute atomic E-state index is 12.5. The fraction of sp³-hybridized carbons (Fsp3) is 0.200. The van der Waals surface area contributed by atoms with Gasteiger partial charge in [0.1, 0.15) is 23.9 Å². The second-order valence-corrected chi connectivity index (χ2v) is 7.52. The standard InChI is InChI=1S/C25H25N3O3/c26-24(27)19-8-11-23-22(14-19)20(16-31-23)12-13-28-25(29)18-6-9-21(10-7-18)30-15-17-4-2-1-3-5-17/h1-11,14,20H,12-13,15-16H2,(H3,26,27)(H,28,29). The van der Waals surface area contributed by atoms with Crippen LogP contribution in [0.4, 0.5) is 0 Å². The molecule has 0 spiro atoms. The zero-order valence-corrected chi connectivity index (χ0v) is 17.1. The van der Waals surface area contributed by atoms with Crippen molar-refractivity contribution in [3.05, 3.63) is 95.1 Å². The maximum Gasteiger partial charge on any atom is 0.251 e. The molecule has 3 aromatic carbocycles. The molecule has 0 saturated heterocycles. The molecule has 4 N–H and O–H groups in total. The number of hydrogen-bond acceptors (Lipinski definition) is 4. The highest BCUT2D eigenvalue weighted by molar-refractivity contribution is 5.95. The van der Waals surface area contributed by atoms with Gasteiger partial charge in [-0.2, -0.15) is 0 Å². The Morgan fingerprint density at radius 2 is 1.81 bits per heavy atom. The van der Waals surface area contributed by atoms with Gasteiger partial charge in [0, 0.05) is 29.2 Å². The fourth-order valence-electron chi connectivity index (χ4n) is 3.59. The number of benzene rings is 3. The molecule has 0 aliphatic carbocycles. The zero-order valence-electron chi connectivity index (χ0n) is 17.1. The third-order valence-electron chi connectivity index (χ3n) is 5.34. The largest absolute Gasteiger partial charge is 0.493 e. The van der Waals surface area contributed by atoms with Gasteiger partial charge in [-0.3, -0.25) is 10.2 Å². The van der Waals surface area contributed by atoms with Crippen molar-refractivity contribution in [1.29, 1.82) is 5.41 Å². The lowest BCUT2D eigenvalue weighted by Gasteiger charge is -2.11. The molecule has 0 bridgehead atoms. The molecular formula is C25H25N3O3. The van der Waals surface area contributed by atoms with Gasteiger partial charge in [0.05, 0.1) is 6.61 Å². The monoisotopic (exact) mass is 415 g/mol. The Labute approximate surface area is 181 Å². The third kappa shape index (κ3) is 5.04. The van der Waals surface area contributed by atoms with Crippen LogP contribution in [0, 0.1) is 5.41 Å². The topological polar surface area (TPSA) is 97.4 Å². The highest BCUT2D eigenvalue weighted by atomic mass is 16.5. The van der Waals surface area contributed by atoms with Crippen LogP contribution in [-0.2, 0) is 6.61 Å². The van der Waals surface area contributed by atoms with Gasteiger partial charge in [-0.05, 0) is 54.4 Å². The van der Waals surface area contributed by atoms with Crippen molar-refractivity contribution in [2.24, 2.45) is 5.73 Å². The number of fused-ring (bicyclic) bond motifs is 1. The van der Waals surface area contributed by atoms with Crippen LogP contribution in [0.15, 0.2) is 72.8 Å². The summed E-state index contributed by atoms with van der Waals surface area (Å²) >= 11 is 0. The van der Waals surface area contributed by atoms with E-state index in [1.807, 2.05) is 54.6 Å². The van der Waals surface area contributed by atoms with Crippen LogP contribution in [0.25, 0.3) is 0 Å². The lowest BCUT2D eigenvalue weighted by molar-refractivity contribution is 0.0952. The van der Waals surface area contributed by atoms with E-state index in [9.17, 15) is 4.79 Å². The molecule has 6 heteroatoms. The molecule has 31 heavy (non-hydrogen) atoms. The van der Waals surface area contributed by atoms with Crippen molar-refractivity contribution in [3.8, 4) is 11.5 Å². The second-order valence-electron chi connectivity index (χ2n) is 7.52. The van der Waals surface area contributed by atoms with Gasteiger partial charge < -0.3 is 20.5 Å². The van der Waals surface area contributed by atoms with Crippen molar-refractivity contribution in [2.45, 2.75) is 18.9 Å². The molecule has 0 radical (unpaired) electrons. The molecule has 158 valence electrons. The molecule has 1 atom stereocenters. The first-order valence-corrected chi connectivity index (χ1v) is 10.3. The van der Waals surface area contributed by atoms with Gasteiger partial charge in [-0.15, -0.1) is 0 Å². The van der Waals surface area contributed by atoms with Crippen LogP contribution in [0.5, 0.6) is 11.5 Å². The fourth-order valence-corrected chi connectivity index (χ4v) is 3.59. The number of carbonyl (C=O) groups is 1. The van der Waals surface area contributed by atoms with Crippen molar-refractivity contribution >= 4 is 11.7 Å². The Hall–Kier alpha value is -3.80. The lowest BCUT2D eigenvalue weighted by Crippen LogP contribution is -2.25. The molecule has 0 aromatic heterocycles. The Kier molecular flexibility index (Phi) is 6.17. The number of amides is 1. The van der Waals surface area contributed by atoms with Crippen LogP contribution < -0.4 is 20.5 Å². The smallest absolute Gasteiger partial charge is 0.251 e. The first kappa shape index (κ1) is 20.5. The summed E-state index contributed by atoms with van der Waals surface area (Å²) in [6.45, 7) is 1.59. The molecule has 0 saturated carbocycles. The minimum atomic E-state index is -0.119. The molecule has 1 aliphatic heterocycles. The minimum absolute atomic E-state index is 0.0398. The van der Waals surface area contributed by atoms with Gasteiger partial charge in [0.25, 0.3) is 5.91 Å². The summed E-state index contributed by atoms with van der Waals surface area (Å²) in [5, 5.41) is 10.6. The van der Waals surface area contributed by atoms with E-state index < -0.39 is 0 Å². The SMILES string of the molecule is N=C(N)c1ccc2c(c1)C(CCNC(=O)c1ccc(OCc3ccccc3)cc1)CO2. The Morgan fingerprint density at radius 1 is 1.06 bits per heavy atom. The maximum atomic E-state index is 12.5. The second kappa shape index (κ2) is 9.34. The van der Waals surface area contributed by atoms with Gasteiger partial charge in [0.2, 0.25) is 0 Å². The van der Waals surface area contributed by atoms with E-state index in [2.05, 4.69) is 5.32 Å². The van der Waals surface area contributed by atoms with Gasteiger partial charge in [-0.25, -0.2) is 0 Å². The Bertz CT molecular complexity index is 1070. The zero-order chi connectivity index (χ0) is 21.6. The highest BCUT2D eigenvalue weighted by Crippen LogP contribution is 2.36. The molecule has 1 heterocycles. The quantitative estimate of drug-likeness (QED) is 0.385. The third-order valence-corrected chi connectivity index (χ3v) is 5.34. The van der Waals surface area contributed by atoms with E-state index in [4.69, 9.17) is 20.6 Å². The van der Waals surface area contributed by atoms with Crippen molar-refractivity contribution in [2.75, 3.05) is 13.2 Å². The predicted molar refractivity (Wildman–Crippen MR) is 120 cm³/mol. The van der Waals surface area contributed by atoms with E-state index in [0.29, 0.717) is 30.9 Å². The van der Waals surface area contributed by atoms with Crippen molar-refractivity contribution < 1.29 is 14.3 Å². The minimum Gasteiger partial charge on any atom is -0.493 e. The van der Waals surface area contributed by atoms with Gasteiger partial charge >= 0.3 is 0 Å². The number of nitrogen functional groups attached to an aromatic ring is 1. The molecular weight excluding hydrogens is 390 g/mol. The molecule has 1 unspecified atom stereocenters. The van der Waals surface area contributed by atoms with Gasteiger partial charge in [0.15, 0.2) is 0 Å². The van der Waals surface area contributed by atoms with Crippen LogP contribution >= 0.6 is 0 Å². The average molecular weight is 415 g/mol. The summed E-state index contributed by atoms with van der Waals surface area (Å²) in [6.07, 6.45) is 0.748. The molecule has 0 fully saturated rings. The summed E-state index contributed by atoms with van der Waals surface area (Å²) in [5.41, 5.74) is 9.01. The number of hydrogen-bond donors (Lipinski definition) is 3. The van der Waals surface area contributed by atoms with Crippen LogP contribution in [-0.4, -0.2) is 24.9 Å². The van der Waals surface area contributed by atoms with E-state index in [0.717, 1.165) is 29.0 Å². The normalized spacial score (nSPS) is 14.4. The average Bonchev–Trinajstić information content (AvgIpc) is 3.21. The van der Waals surface area contributed by atoms with E-state index in [1.54, 1.807) is 18.2 Å². The first-order valence-electron chi connectivity index (χ1n) is 10.3. The number of nitrogens with one attached hydrogen (secondary N) is 2. The molecule has 1 amide bonds. The number of nitrogens with two attached hydrogens (primary N) is 1. The Morgan fingerprint density at radius 3 is 2.55 bits per heavy atom. The summed E-state index contributed by atoms with van der Waals surface area (Å²) in [4.78, 5) is 12.5. The van der Waals surface area contributed by atoms with E-state index >= 15 is 0 Å². The van der Waals surface area contributed by atoms with Crippen molar-refractivity contribution in [1.82, 2.24) is 5.32 Å². The molecule has 4 rings (SSSR count). The molecule has 3 aromatic rings. The highest BCUT2D eigenvalue weighted by Gasteiger charge is 2.24. The molecule has 1 aliphatic rings. The summed E-state index contributed by atoms with van der Waals surface area (Å²) in [7, 11) is 0. The number of rotatable bonds is 8.